The van der Waals surface area contributed by atoms with E-state index in [1.54, 1.807) is 0 Å². The van der Waals surface area contributed by atoms with Crippen LogP contribution < -0.4 is 27.1 Å². The van der Waals surface area contributed by atoms with E-state index in [-0.39, 0.29) is 23.9 Å². The number of amidine groups is 1. The summed E-state index contributed by atoms with van der Waals surface area (Å²) in [6.07, 6.45) is 9.25. The molecule has 0 bridgehead atoms. The second-order valence-electron chi connectivity index (χ2n) is 14.6. The van der Waals surface area contributed by atoms with Gasteiger partial charge >= 0.3 is 0 Å². The Morgan fingerprint density at radius 2 is 1.69 bits per heavy atom. The molecule has 5 rings (SSSR count). The molecule has 0 spiro atoms. The Morgan fingerprint density at radius 3 is 2.24 bits per heavy atom. The summed E-state index contributed by atoms with van der Waals surface area (Å²) in [5, 5.41) is 10.9. The first kappa shape index (κ1) is 32.8. The number of nitrogens with one attached hydrogen (secondary N) is 5. The van der Waals surface area contributed by atoms with Gasteiger partial charge in [-0.2, -0.15) is 0 Å². The zero-order valence-corrected chi connectivity index (χ0v) is 27.6. The molecule has 2 fully saturated rings. The van der Waals surface area contributed by atoms with Gasteiger partial charge in [0.05, 0.1) is 6.54 Å². The van der Waals surface area contributed by atoms with Crippen LogP contribution in [0.3, 0.4) is 0 Å². The van der Waals surface area contributed by atoms with Crippen molar-refractivity contribution in [3.63, 3.8) is 0 Å². The Bertz CT molecular complexity index is 1360. The molecule has 9 heteroatoms. The number of rotatable bonds is 13. The van der Waals surface area contributed by atoms with Crippen molar-refractivity contribution in [1.29, 1.82) is 0 Å². The third-order valence-electron chi connectivity index (χ3n) is 9.57. The van der Waals surface area contributed by atoms with E-state index in [2.05, 4.69) is 103 Å². The zero-order valence-electron chi connectivity index (χ0n) is 27.6. The number of carbonyl (C=O) groups excluding carboxylic acids is 2. The van der Waals surface area contributed by atoms with E-state index in [0.29, 0.717) is 34.9 Å². The number of aliphatic imine (C=N–C) groups is 1. The number of amides is 1. The topological polar surface area (TPSA) is 119 Å². The molecule has 0 saturated heterocycles. The SMILES string of the molecule is CC(C)C1CCC(N=C(C=O)c2ccc(C3CC3)cc2)(N[C@H](CCC(C)(C)C)c2ccc(C(=O)NCC3=NNNN3)cc2)CC1. The molecule has 0 radical (unpaired) electrons. The van der Waals surface area contributed by atoms with Gasteiger partial charge < -0.3 is 5.32 Å². The number of hydrogen-bond acceptors (Lipinski definition) is 8. The number of hydrazine groups is 2. The molecule has 2 aromatic carbocycles. The van der Waals surface area contributed by atoms with Crippen LogP contribution in [0.25, 0.3) is 0 Å². The van der Waals surface area contributed by atoms with Crippen LogP contribution in [-0.4, -0.2) is 35.9 Å². The van der Waals surface area contributed by atoms with Gasteiger partial charge in [-0.05, 0) is 97.8 Å². The quantitative estimate of drug-likeness (QED) is 0.142. The Morgan fingerprint density at radius 1 is 1.02 bits per heavy atom. The van der Waals surface area contributed by atoms with Gasteiger partial charge in [-0.15, -0.1) is 10.6 Å². The lowest BCUT2D eigenvalue weighted by atomic mass is 9.76. The predicted molar refractivity (Wildman–Crippen MR) is 181 cm³/mol. The molecule has 1 amide bonds. The van der Waals surface area contributed by atoms with Crippen LogP contribution in [0.4, 0.5) is 0 Å². The Labute approximate surface area is 268 Å². The van der Waals surface area contributed by atoms with Crippen molar-refractivity contribution in [1.82, 2.24) is 27.1 Å². The summed E-state index contributed by atoms with van der Waals surface area (Å²) in [5.74, 6) is 2.39. The lowest BCUT2D eigenvalue weighted by Gasteiger charge is -2.42. The number of hydrogen-bond donors (Lipinski definition) is 5. The molecule has 1 heterocycles. The van der Waals surface area contributed by atoms with Crippen molar-refractivity contribution >= 4 is 23.7 Å². The van der Waals surface area contributed by atoms with Gasteiger partial charge in [0.25, 0.3) is 5.91 Å². The van der Waals surface area contributed by atoms with Crippen LogP contribution in [0.5, 0.6) is 0 Å². The van der Waals surface area contributed by atoms with Crippen LogP contribution in [-0.2, 0) is 4.79 Å². The molecular formula is C36H51N7O2. The second-order valence-corrected chi connectivity index (χ2v) is 14.6. The third-order valence-corrected chi connectivity index (χ3v) is 9.57. The van der Waals surface area contributed by atoms with Gasteiger partial charge in [0.2, 0.25) is 0 Å². The first-order valence-electron chi connectivity index (χ1n) is 16.7. The first-order chi connectivity index (χ1) is 21.5. The number of carbonyl (C=O) groups is 2. The van der Waals surface area contributed by atoms with E-state index in [1.807, 2.05) is 12.1 Å². The maximum atomic E-state index is 12.8. The molecule has 45 heavy (non-hydrogen) atoms. The van der Waals surface area contributed by atoms with E-state index in [0.717, 1.165) is 55.9 Å². The highest BCUT2D eigenvalue weighted by Crippen LogP contribution is 2.41. The molecule has 9 nitrogen and oxygen atoms in total. The first-order valence-corrected chi connectivity index (χ1v) is 16.7. The molecular weight excluding hydrogens is 562 g/mol. The maximum Gasteiger partial charge on any atom is 0.251 e. The van der Waals surface area contributed by atoms with Crippen LogP contribution in [0.2, 0.25) is 0 Å². The largest absolute Gasteiger partial charge is 0.345 e. The summed E-state index contributed by atoms with van der Waals surface area (Å²) in [7, 11) is 0. The highest BCUT2D eigenvalue weighted by Gasteiger charge is 2.38. The van der Waals surface area contributed by atoms with E-state index >= 15 is 0 Å². The van der Waals surface area contributed by atoms with E-state index in [1.165, 1.54) is 18.4 Å². The van der Waals surface area contributed by atoms with Crippen molar-refractivity contribution in [2.24, 2.45) is 27.3 Å². The highest BCUT2D eigenvalue weighted by atomic mass is 16.1. The number of nitrogens with zero attached hydrogens (tertiary/aromatic N) is 2. The molecule has 1 atom stereocenters. The van der Waals surface area contributed by atoms with Crippen molar-refractivity contribution in [2.45, 2.75) is 104 Å². The van der Waals surface area contributed by atoms with Crippen LogP contribution >= 0.6 is 0 Å². The molecule has 1 aliphatic heterocycles. The summed E-state index contributed by atoms with van der Waals surface area (Å²) >= 11 is 0. The number of hydrazone groups is 1. The Balaban J connectivity index is 1.40. The molecule has 5 N–H and O–H groups in total. The Kier molecular flexibility index (Phi) is 10.4. The zero-order chi connectivity index (χ0) is 32.0. The van der Waals surface area contributed by atoms with Crippen molar-refractivity contribution in [3.05, 3.63) is 70.8 Å². The third kappa shape index (κ3) is 9.01. The normalized spacial score (nSPS) is 22.8. The fourth-order valence-electron chi connectivity index (χ4n) is 6.47. The monoisotopic (exact) mass is 613 g/mol. The molecule has 3 aliphatic rings. The maximum absolute atomic E-state index is 12.8. The van der Waals surface area contributed by atoms with E-state index < -0.39 is 5.66 Å². The van der Waals surface area contributed by atoms with Crippen molar-refractivity contribution in [2.75, 3.05) is 6.54 Å². The van der Waals surface area contributed by atoms with Crippen molar-refractivity contribution < 1.29 is 9.59 Å². The van der Waals surface area contributed by atoms with Crippen molar-refractivity contribution in [3.8, 4) is 0 Å². The Hall–Kier alpha value is -3.56. The van der Waals surface area contributed by atoms with E-state index in [9.17, 15) is 9.59 Å². The smallest absolute Gasteiger partial charge is 0.251 e. The summed E-state index contributed by atoms with van der Waals surface area (Å²) in [6, 6.07) is 16.4. The molecule has 2 aliphatic carbocycles. The van der Waals surface area contributed by atoms with Crippen LogP contribution in [0, 0.1) is 17.3 Å². The fraction of sp³-hybridized carbons (Fsp3) is 0.556. The van der Waals surface area contributed by atoms with Crippen LogP contribution in [0.1, 0.15) is 125 Å². The summed E-state index contributed by atoms with van der Waals surface area (Å²) in [6.45, 7) is 11.7. The minimum absolute atomic E-state index is 0.0139. The number of benzene rings is 2. The predicted octanol–water partition coefficient (Wildman–Crippen LogP) is 5.91. The average Bonchev–Trinajstić information content (AvgIpc) is 3.75. The van der Waals surface area contributed by atoms with Gasteiger partial charge in [-0.1, -0.05) is 71.0 Å². The van der Waals surface area contributed by atoms with E-state index in [4.69, 9.17) is 4.99 Å². The summed E-state index contributed by atoms with van der Waals surface area (Å²) < 4.78 is 0. The van der Waals surface area contributed by atoms with Gasteiger partial charge in [0.1, 0.15) is 11.4 Å². The molecule has 2 aromatic rings. The molecule has 242 valence electrons. The lowest BCUT2D eigenvalue weighted by Crippen LogP contribution is -2.49. The van der Waals surface area contributed by atoms with Gasteiger partial charge in [-0.25, -0.2) is 5.53 Å². The fourth-order valence-corrected chi connectivity index (χ4v) is 6.47. The average molecular weight is 614 g/mol. The minimum Gasteiger partial charge on any atom is -0.345 e. The lowest BCUT2D eigenvalue weighted by molar-refractivity contribution is -0.102. The minimum atomic E-state index is -0.549. The van der Waals surface area contributed by atoms with Crippen LogP contribution in [0.15, 0.2) is 58.6 Å². The second kappa shape index (κ2) is 14.3. The summed E-state index contributed by atoms with van der Waals surface area (Å²) in [5.41, 5.74) is 12.2. The van der Waals surface area contributed by atoms with Gasteiger partial charge in [0.15, 0.2) is 12.1 Å². The van der Waals surface area contributed by atoms with Gasteiger partial charge in [0, 0.05) is 17.2 Å². The number of aldehydes is 1. The molecule has 0 unspecified atom stereocenters. The standard InChI is InChI=1S/C36H51N7O2/c1-24(2)25-16-20-36(21-17-25,39-32(23-44)29-10-8-27(9-11-29)26-6-7-26)38-31(18-19-35(3,4)5)28-12-14-30(15-13-28)34(45)37-22-33-40-42-43-41-33/h8-15,23-26,31,38,42-43H,6-7,16-22H2,1-5H3,(H,37,45)(H,40,41)/t25?,31-,36?/m1/s1. The molecule has 2 saturated carbocycles. The van der Waals surface area contributed by atoms with Gasteiger partial charge in [-0.3, -0.25) is 25.3 Å². The summed E-state index contributed by atoms with van der Waals surface area (Å²) in [4.78, 5) is 30.7. The highest BCUT2D eigenvalue weighted by molar-refractivity contribution is 6.36. The molecule has 0 aromatic heterocycles.